The summed E-state index contributed by atoms with van der Waals surface area (Å²) in [4.78, 5) is 23.6. The van der Waals surface area contributed by atoms with Crippen molar-refractivity contribution < 1.29 is 23.8 Å². The molecule has 1 atom stereocenters. The van der Waals surface area contributed by atoms with Crippen LogP contribution in [-0.2, 0) is 29.2 Å². The van der Waals surface area contributed by atoms with Crippen molar-refractivity contribution in [1.82, 2.24) is 0 Å². The predicted molar refractivity (Wildman–Crippen MR) is 82.5 cm³/mol. The Morgan fingerprint density at radius 2 is 1.73 bits per heavy atom. The molecule has 0 N–H and O–H groups in total. The summed E-state index contributed by atoms with van der Waals surface area (Å²) < 4.78 is 15.8. The molecular weight excluding hydrogens is 284 g/mol. The molecule has 0 amide bonds. The maximum atomic E-state index is 12.6. The van der Waals surface area contributed by atoms with Crippen molar-refractivity contribution in [2.24, 2.45) is 0 Å². The Balaban J connectivity index is 3.11. The van der Waals surface area contributed by atoms with E-state index >= 15 is 0 Å². The van der Waals surface area contributed by atoms with Gasteiger partial charge < -0.3 is 14.2 Å². The Bertz CT molecular complexity index is 471. The second-order valence-electron chi connectivity index (χ2n) is 4.90. The third kappa shape index (κ3) is 4.84. The van der Waals surface area contributed by atoms with Gasteiger partial charge in [0.1, 0.15) is 5.41 Å². The van der Waals surface area contributed by atoms with Crippen LogP contribution in [0.4, 0.5) is 0 Å². The summed E-state index contributed by atoms with van der Waals surface area (Å²) in [6.07, 6.45) is 0.315. The summed E-state index contributed by atoms with van der Waals surface area (Å²) in [5.74, 6) is -0.732. The summed E-state index contributed by atoms with van der Waals surface area (Å²) in [5, 5.41) is 0. The number of esters is 2. The van der Waals surface area contributed by atoms with E-state index in [4.69, 9.17) is 14.2 Å². The van der Waals surface area contributed by atoms with Crippen LogP contribution in [0.15, 0.2) is 30.3 Å². The Kier molecular flexibility index (Phi) is 7.60. The lowest BCUT2D eigenvalue weighted by molar-refractivity contribution is -0.156. The fourth-order valence-electron chi connectivity index (χ4n) is 2.25. The second-order valence-corrected chi connectivity index (χ2v) is 4.90. The largest absolute Gasteiger partial charge is 0.466 e. The average Bonchev–Trinajstić information content (AvgIpc) is 2.51. The van der Waals surface area contributed by atoms with Gasteiger partial charge in [-0.05, 0) is 19.4 Å². The standard InChI is InChI=1S/C17H24O5/c1-4-20-13-17(16(19)21-5-2,11-12-22-14(3)18)15-9-7-6-8-10-15/h6-10H,4-5,11-13H2,1-3H3. The first-order valence-corrected chi connectivity index (χ1v) is 7.50. The summed E-state index contributed by atoms with van der Waals surface area (Å²) in [6, 6.07) is 9.34. The van der Waals surface area contributed by atoms with E-state index in [0.29, 0.717) is 13.0 Å². The van der Waals surface area contributed by atoms with Gasteiger partial charge in [0.15, 0.2) is 0 Å². The number of hydrogen-bond acceptors (Lipinski definition) is 5. The molecular formula is C17H24O5. The minimum Gasteiger partial charge on any atom is -0.466 e. The first-order valence-electron chi connectivity index (χ1n) is 7.50. The highest BCUT2D eigenvalue weighted by Gasteiger charge is 2.42. The Morgan fingerprint density at radius 3 is 2.27 bits per heavy atom. The van der Waals surface area contributed by atoms with Crippen LogP contribution in [0, 0.1) is 0 Å². The molecule has 1 unspecified atom stereocenters. The summed E-state index contributed by atoms with van der Waals surface area (Å²) in [7, 11) is 0. The molecule has 1 aromatic carbocycles. The van der Waals surface area contributed by atoms with E-state index in [1.165, 1.54) is 6.92 Å². The zero-order valence-corrected chi connectivity index (χ0v) is 13.5. The van der Waals surface area contributed by atoms with E-state index in [9.17, 15) is 9.59 Å². The van der Waals surface area contributed by atoms with Crippen LogP contribution in [0.25, 0.3) is 0 Å². The average molecular weight is 308 g/mol. The third-order valence-electron chi connectivity index (χ3n) is 3.38. The molecule has 0 fully saturated rings. The van der Waals surface area contributed by atoms with E-state index in [2.05, 4.69) is 0 Å². The molecule has 0 spiro atoms. The topological polar surface area (TPSA) is 61.8 Å². The maximum Gasteiger partial charge on any atom is 0.319 e. The molecule has 0 saturated heterocycles. The van der Waals surface area contributed by atoms with Gasteiger partial charge in [-0.3, -0.25) is 9.59 Å². The van der Waals surface area contributed by atoms with Gasteiger partial charge in [0.2, 0.25) is 0 Å². The van der Waals surface area contributed by atoms with E-state index in [0.717, 1.165) is 5.56 Å². The van der Waals surface area contributed by atoms with Gasteiger partial charge in [-0.25, -0.2) is 0 Å². The smallest absolute Gasteiger partial charge is 0.319 e. The van der Waals surface area contributed by atoms with Gasteiger partial charge in [-0.1, -0.05) is 30.3 Å². The zero-order chi connectivity index (χ0) is 16.4. The molecule has 0 aliphatic rings. The normalized spacial score (nSPS) is 13.2. The van der Waals surface area contributed by atoms with Crippen LogP contribution in [0.1, 0.15) is 32.8 Å². The molecule has 122 valence electrons. The van der Waals surface area contributed by atoms with E-state index in [1.807, 2.05) is 37.3 Å². The number of benzene rings is 1. The van der Waals surface area contributed by atoms with Crippen molar-refractivity contribution in [2.45, 2.75) is 32.6 Å². The van der Waals surface area contributed by atoms with E-state index in [-0.39, 0.29) is 31.8 Å². The number of ether oxygens (including phenoxy) is 3. The zero-order valence-electron chi connectivity index (χ0n) is 13.5. The molecule has 0 aliphatic carbocycles. The monoisotopic (exact) mass is 308 g/mol. The molecule has 1 aromatic rings. The number of carbonyl (C=O) groups excluding carboxylic acids is 2. The van der Waals surface area contributed by atoms with Gasteiger partial charge in [0.25, 0.3) is 0 Å². The van der Waals surface area contributed by atoms with Crippen LogP contribution in [0.5, 0.6) is 0 Å². The lowest BCUT2D eigenvalue weighted by atomic mass is 9.78. The minimum atomic E-state index is -0.970. The summed E-state index contributed by atoms with van der Waals surface area (Å²) in [6.45, 7) is 6.07. The van der Waals surface area contributed by atoms with Gasteiger partial charge >= 0.3 is 11.9 Å². The molecule has 0 saturated carbocycles. The number of carbonyl (C=O) groups is 2. The third-order valence-corrected chi connectivity index (χ3v) is 3.38. The van der Waals surface area contributed by atoms with E-state index in [1.54, 1.807) is 6.92 Å². The summed E-state index contributed by atoms with van der Waals surface area (Å²) >= 11 is 0. The van der Waals surface area contributed by atoms with Gasteiger partial charge in [0.05, 0.1) is 19.8 Å². The fraction of sp³-hybridized carbons (Fsp3) is 0.529. The lowest BCUT2D eigenvalue weighted by Gasteiger charge is -2.31. The van der Waals surface area contributed by atoms with Crippen LogP contribution in [-0.4, -0.2) is 38.4 Å². The van der Waals surface area contributed by atoms with Crippen molar-refractivity contribution in [2.75, 3.05) is 26.4 Å². The predicted octanol–water partition coefficient (Wildman–Crippen LogP) is 2.48. The lowest BCUT2D eigenvalue weighted by Crippen LogP contribution is -2.43. The van der Waals surface area contributed by atoms with Crippen LogP contribution in [0.2, 0.25) is 0 Å². The highest BCUT2D eigenvalue weighted by molar-refractivity contribution is 5.83. The van der Waals surface area contributed by atoms with Crippen LogP contribution < -0.4 is 0 Å². The molecule has 5 heteroatoms. The highest BCUT2D eigenvalue weighted by Crippen LogP contribution is 2.30. The second kappa shape index (κ2) is 9.20. The van der Waals surface area contributed by atoms with Gasteiger partial charge in [-0.15, -0.1) is 0 Å². The van der Waals surface area contributed by atoms with Gasteiger partial charge in [0, 0.05) is 20.0 Å². The molecule has 1 rings (SSSR count). The molecule has 5 nitrogen and oxygen atoms in total. The van der Waals surface area contributed by atoms with Crippen molar-refractivity contribution in [1.29, 1.82) is 0 Å². The van der Waals surface area contributed by atoms with Crippen molar-refractivity contribution in [3.63, 3.8) is 0 Å². The minimum absolute atomic E-state index is 0.135. The van der Waals surface area contributed by atoms with Gasteiger partial charge in [-0.2, -0.15) is 0 Å². The van der Waals surface area contributed by atoms with Crippen molar-refractivity contribution in [3.8, 4) is 0 Å². The molecule has 0 bridgehead atoms. The quantitative estimate of drug-likeness (QED) is 0.656. The van der Waals surface area contributed by atoms with Crippen molar-refractivity contribution >= 4 is 11.9 Å². The summed E-state index contributed by atoms with van der Waals surface area (Å²) in [5.41, 5.74) is -0.169. The first-order chi connectivity index (χ1) is 10.6. The molecule has 0 aromatic heterocycles. The molecule has 0 aliphatic heterocycles. The Morgan fingerprint density at radius 1 is 1.05 bits per heavy atom. The SMILES string of the molecule is CCOCC(CCOC(C)=O)(C(=O)OCC)c1ccccc1. The Labute approximate surface area is 131 Å². The maximum absolute atomic E-state index is 12.6. The Hall–Kier alpha value is -1.88. The fourth-order valence-corrected chi connectivity index (χ4v) is 2.25. The highest BCUT2D eigenvalue weighted by atomic mass is 16.5. The van der Waals surface area contributed by atoms with Crippen molar-refractivity contribution in [3.05, 3.63) is 35.9 Å². The molecule has 0 heterocycles. The first kappa shape index (κ1) is 18.2. The number of rotatable bonds is 9. The number of hydrogen-bond donors (Lipinski definition) is 0. The molecule has 0 radical (unpaired) electrons. The molecule has 22 heavy (non-hydrogen) atoms. The van der Waals surface area contributed by atoms with E-state index < -0.39 is 5.41 Å². The van der Waals surface area contributed by atoms with Crippen LogP contribution >= 0.6 is 0 Å². The van der Waals surface area contributed by atoms with Crippen LogP contribution in [0.3, 0.4) is 0 Å².